The van der Waals surface area contributed by atoms with Gasteiger partial charge in [-0.15, -0.1) is 0 Å². The van der Waals surface area contributed by atoms with Crippen LogP contribution in [0, 0.1) is 5.92 Å². The van der Waals surface area contributed by atoms with Crippen LogP contribution in [-0.4, -0.2) is 31.9 Å². The Labute approximate surface area is 123 Å². The molecule has 1 heterocycles. The lowest BCUT2D eigenvalue weighted by atomic mass is 9.92. The molecule has 106 valence electrons. The molecule has 0 radical (unpaired) electrons. The summed E-state index contributed by atoms with van der Waals surface area (Å²) < 4.78 is 27.5. The predicted octanol–water partition coefficient (Wildman–Crippen LogP) is 2.20. The van der Waals surface area contributed by atoms with Gasteiger partial charge in [0.1, 0.15) is 0 Å². The molecule has 0 aromatic heterocycles. The van der Waals surface area contributed by atoms with E-state index in [0.29, 0.717) is 18.0 Å². The second-order valence-electron chi connectivity index (χ2n) is 4.94. The molecular weight excluding hydrogens is 328 g/mol. The molecule has 1 aromatic rings. The number of nitrogens with two attached hydrogens (primary N) is 1. The van der Waals surface area contributed by atoms with E-state index in [-0.39, 0.29) is 12.0 Å². The maximum atomic E-state index is 12.5. The Balaban J connectivity index is 2.23. The highest BCUT2D eigenvalue weighted by Crippen LogP contribution is 2.25. The van der Waals surface area contributed by atoms with Gasteiger partial charge in [0.2, 0.25) is 10.0 Å². The molecule has 0 spiro atoms. The number of hydrogen-bond donors (Lipinski definition) is 1. The van der Waals surface area contributed by atoms with E-state index in [1.54, 1.807) is 28.6 Å². The third-order valence-electron chi connectivity index (χ3n) is 3.73. The van der Waals surface area contributed by atoms with Crippen molar-refractivity contribution in [2.24, 2.45) is 11.7 Å². The van der Waals surface area contributed by atoms with Crippen molar-refractivity contribution in [3.05, 3.63) is 28.7 Å². The molecule has 2 unspecified atom stereocenters. The van der Waals surface area contributed by atoms with Crippen LogP contribution in [0.2, 0.25) is 0 Å². The van der Waals surface area contributed by atoms with Crippen LogP contribution in [0.1, 0.15) is 19.8 Å². The number of halogens is 1. The van der Waals surface area contributed by atoms with Gasteiger partial charge in [-0.2, -0.15) is 4.31 Å². The summed E-state index contributed by atoms with van der Waals surface area (Å²) in [5.41, 5.74) is 6.03. The summed E-state index contributed by atoms with van der Waals surface area (Å²) in [5.74, 6) is 0.249. The van der Waals surface area contributed by atoms with Crippen molar-refractivity contribution in [2.45, 2.75) is 30.7 Å². The fourth-order valence-electron chi connectivity index (χ4n) is 2.42. The Hall–Kier alpha value is -0.430. The van der Waals surface area contributed by atoms with Crippen molar-refractivity contribution in [1.29, 1.82) is 0 Å². The molecule has 0 aliphatic carbocycles. The fraction of sp³-hybridized carbons (Fsp3) is 0.538. The first kappa shape index (κ1) is 15.0. The minimum absolute atomic E-state index is 0.112. The van der Waals surface area contributed by atoms with Crippen LogP contribution in [0.3, 0.4) is 0 Å². The maximum Gasteiger partial charge on any atom is 0.243 e. The molecule has 2 rings (SSSR count). The Kier molecular flexibility index (Phi) is 4.66. The van der Waals surface area contributed by atoms with Gasteiger partial charge in [0.25, 0.3) is 0 Å². The zero-order valence-electron chi connectivity index (χ0n) is 10.9. The van der Waals surface area contributed by atoms with Crippen LogP contribution in [0.4, 0.5) is 0 Å². The Morgan fingerprint density at radius 3 is 2.58 bits per heavy atom. The molecule has 1 fully saturated rings. The largest absolute Gasteiger partial charge is 0.327 e. The first-order valence-corrected chi connectivity index (χ1v) is 8.69. The number of benzene rings is 1. The summed E-state index contributed by atoms with van der Waals surface area (Å²) in [6.07, 6.45) is 1.64. The quantitative estimate of drug-likeness (QED) is 0.912. The minimum Gasteiger partial charge on any atom is -0.327 e. The van der Waals surface area contributed by atoms with Crippen LogP contribution in [0.5, 0.6) is 0 Å². The Bertz CT molecular complexity index is 530. The average molecular weight is 347 g/mol. The van der Waals surface area contributed by atoms with Gasteiger partial charge in [-0.3, -0.25) is 0 Å². The Morgan fingerprint density at radius 2 is 2.00 bits per heavy atom. The van der Waals surface area contributed by atoms with E-state index in [4.69, 9.17) is 5.73 Å². The zero-order valence-corrected chi connectivity index (χ0v) is 13.3. The molecular formula is C13H19BrN2O2S. The van der Waals surface area contributed by atoms with Gasteiger partial charge in [-0.25, -0.2) is 8.42 Å². The number of sulfonamides is 1. The monoisotopic (exact) mass is 346 g/mol. The first-order valence-electron chi connectivity index (χ1n) is 6.46. The van der Waals surface area contributed by atoms with Crippen LogP contribution >= 0.6 is 15.9 Å². The number of rotatable bonds is 3. The van der Waals surface area contributed by atoms with Crippen LogP contribution in [0.25, 0.3) is 0 Å². The first-order chi connectivity index (χ1) is 8.95. The molecule has 0 amide bonds. The van der Waals surface area contributed by atoms with E-state index in [0.717, 1.165) is 17.3 Å². The summed E-state index contributed by atoms with van der Waals surface area (Å²) in [6.45, 7) is 3.09. The molecule has 2 N–H and O–H groups in total. The summed E-state index contributed by atoms with van der Waals surface area (Å²) in [4.78, 5) is 0.348. The summed E-state index contributed by atoms with van der Waals surface area (Å²) in [5, 5.41) is 0. The van der Waals surface area contributed by atoms with Gasteiger partial charge in [-0.05, 0) is 36.6 Å². The van der Waals surface area contributed by atoms with Crippen LogP contribution < -0.4 is 5.73 Å². The van der Waals surface area contributed by atoms with Gasteiger partial charge in [0.05, 0.1) is 4.90 Å². The molecule has 1 saturated heterocycles. The lowest BCUT2D eigenvalue weighted by Gasteiger charge is -2.35. The van der Waals surface area contributed by atoms with Crippen molar-refractivity contribution < 1.29 is 8.42 Å². The molecule has 4 nitrogen and oxygen atoms in total. The zero-order chi connectivity index (χ0) is 14.0. The normalized spacial score (nSPS) is 25.4. The number of nitrogens with zero attached hydrogens (tertiary/aromatic N) is 1. The van der Waals surface area contributed by atoms with E-state index in [1.807, 2.05) is 0 Å². The third kappa shape index (κ3) is 3.18. The molecule has 1 aliphatic rings. The van der Waals surface area contributed by atoms with Crippen LogP contribution in [-0.2, 0) is 10.0 Å². The van der Waals surface area contributed by atoms with Gasteiger partial charge >= 0.3 is 0 Å². The summed E-state index contributed by atoms with van der Waals surface area (Å²) in [7, 11) is -3.39. The number of piperidine rings is 1. The molecule has 19 heavy (non-hydrogen) atoms. The lowest BCUT2D eigenvalue weighted by Crippen LogP contribution is -2.48. The Morgan fingerprint density at radius 1 is 1.37 bits per heavy atom. The standard InChI is InChI=1S/C13H19BrN2O2S/c1-2-10-9-16(8-7-13(10)15)19(17,18)12-5-3-11(14)4-6-12/h3-6,10,13H,2,7-9,15H2,1H3. The molecule has 0 saturated carbocycles. The highest BCUT2D eigenvalue weighted by molar-refractivity contribution is 9.10. The lowest BCUT2D eigenvalue weighted by molar-refractivity contribution is 0.230. The second kappa shape index (κ2) is 5.91. The van der Waals surface area contributed by atoms with Crippen molar-refractivity contribution in [3.8, 4) is 0 Å². The molecule has 1 aromatic carbocycles. The van der Waals surface area contributed by atoms with Crippen molar-refractivity contribution in [1.82, 2.24) is 4.31 Å². The van der Waals surface area contributed by atoms with E-state index in [9.17, 15) is 8.42 Å². The number of hydrogen-bond acceptors (Lipinski definition) is 3. The van der Waals surface area contributed by atoms with E-state index >= 15 is 0 Å². The van der Waals surface area contributed by atoms with Gasteiger partial charge in [-0.1, -0.05) is 29.3 Å². The summed E-state index contributed by atoms with van der Waals surface area (Å²) in [6, 6.07) is 6.88. The minimum atomic E-state index is -3.39. The molecule has 2 atom stereocenters. The van der Waals surface area contributed by atoms with E-state index in [1.165, 1.54) is 0 Å². The summed E-state index contributed by atoms with van der Waals surface area (Å²) >= 11 is 3.31. The van der Waals surface area contributed by atoms with E-state index < -0.39 is 10.0 Å². The smallest absolute Gasteiger partial charge is 0.243 e. The highest BCUT2D eigenvalue weighted by Gasteiger charge is 2.33. The molecule has 6 heteroatoms. The third-order valence-corrected chi connectivity index (χ3v) is 6.14. The van der Waals surface area contributed by atoms with E-state index in [2.05, 4.69) is 22.9 Å². The van der Waals surface area contributed by atoms with Crippen LogP contribution in [0.15, 0.2) is 33.6 Å². The SMILES string of the molecule is CCC1CN(S(=O)(=O)c2ccc(Br)cc2)CCC1N. The van der Waals surface area contributed by atoms with Gasteiger partial charge < -0.3 is 5.73 Å². The maximum absolute atomic E-state index is 12.5. The van der Waals surface area contributed by atoms with Crippen molar-refractivity contribution in [2.75, 3.05) is 13.1 Å². The van der Waals surface area contributed by atoms with Gasteiger partial charge in [0, 0.05) is 23.6 Å². The van der Waals surface area contributed by atoms with Crippen molar-refractivity contribution in [3.63, 3.8) is 0 Å². The predicted molar refractivity (Wildman–Crippen MR) is 79.3 cm³/mol. The second-order valence-corrected chi connectivity index (χ2v) is 7.79. The topological polar surface area (TPSA) is 63.4 Å². The van der Waals surface area contributed by atoms with Crippen molar-refractivity contribution >= 4 is 26.0 Å². The van der Waals surface area contributed by atoms with Gasteiger partial charge in [0.15, 0.2) is 0 Å². The average Bonchev–Trinajstić information content (AvgIpc) is 2.39. The fourth-order valence-corrected chi connectivity index (χ4v) is 4.20. The molecule has 1 aliphatic heterocycles. The molecule has 0 bridgehead atoms. The highest BCUT2D eigenvalue weighted by atomic mass is 79.9.